The molecule has 0 unspecified atom stereocenters. The average Bonchev–Trinajstić information content (AvgIpc) is 2.43. The summed E-state index contributed by atoms with van der Waals surface area (Å²) in [7, 11) is -2.03. The van der Waals surface area contributed by atoms with Gasteiger partial charge in [-0.2, -0.15) is 4.31 Å². The number of halogens is 1. The first-order valence-corrected chi connectivity index (χ1v) is 8.20. The molecular formula is C15H17ClN2O2S. The maximum atomic E-state index is 12.6. The second-order valence-electron chi connectivity index (χ2n) is 4.88. The van der Waals surface area contributed by atoms with Crippen molar-refractivity contribution in [1.82, 2.24) is 4.31 Å². The van der Waals surface area contributed by atoms with Crippen LogP contribution < -0.4 is 5.73 Å². The van der Waals surface area contributed by atoms with Gasteiger partial charge in [0.25, 0.3) is 0 Å². The standard InChI is InChI=1S/C15H17ClN2O2S/c1-11-5-3-4-6-15(11)21(19,20)18(2)10-12-9-13(17)7-8-14(12)16/h3-9H,10,17H2,1-2H3. The Balaban J connectivity index is 2.33. The minimum absolute atomic E-state index is 0.167. The molecule has 112 valence electrons. The summed E-state index contributed by atoms with van der Waals surface area (Å²) in [5, 5.41) is 0.496. The molecule has 0 heterocycles. The zero-order chi connectivity index (χ0) is 15.6. The molecule has 0 fully saturated rings. The van der Waals surface area contributed by atoms with Gasteiger partial charge in [-0.05, 0) is 42.3 Å². The maximum Gasteiger partial charge on any atom is 0.243 e. The highest BCUT2D eigenvalue weighted by atomic mass is 35.5. The van der Waals surface area contributed by atoms with Crippen molar-refractivity contribution >= 4 is 27.3 Å². The number of benzene rings is 2. The van der Waals surface area contributed by atoms with E-state index in [1.807, 2.05) is 6.07 Å². The van der Waals surface area contributed by atoms with E-state index in [1.54, 1.807) is 43.3 Å². The van der Waals surface area contributed by atoms with Crippen LogP contribution >= 0.6 is 11.6 Å². The largest absolute Gasteiger partial charge is 0.399 e. The van der Waals surface area contributed by atoms with Crippen molar-refractivity contribution in [2.75, 3.05) is 12.8 Å². The summed E-state index contributed by atoms with van der Waals surface area (Å²) < 4.78 is 26.5. The third kappa shape index (κ3) is 3.37. The van der Waals surface area contributed by atoms with Crippen LogP contribution in [0.2, 0.25) is 5.02 Å². The molecule has 2 aromatic rings. The maximum absolute atomic E-state index is 12.6. The molecule has 0 spiro atoms. The topological polar surface area (TPSA) is 63.4 Å². The lowest BCUT2D eigenvalue weighted by Crippen LogP contribution is -2.27. The minimum Gasteiger partial charge on any atom is -0.399 e. The highest BCUT2D eigenvalue weighted by molar-refractivity contribution is 7.89. The molecule has 0 amide bonds. The van der Waals surface area contributed by atoms with Crippen LogP contribution in [0.5, 0.6) is 0 Å². The van der Waals surface area contributed by atoms with Gasteiger partial charge in [-0.15, -0.1) is 0 Å². The van der Waals surface area contributed by atoms with Crippen LogP contribution in [0.25, 0.3) is 0 Å². The van der Waals surface area contributed by atoms with Crippen molar-refractivity contribution in [2.45, 2.75) is 18.4 Å². The third-order valence-corrected chi connectivity index (χ3v) is 5.58. The van der Waals surface area contributed by atoms with Crippen molar-refractivity contribution in [2.24, 2.45) is 0 Å². The first kappa shape index (κ1) is 15.8. The predicted molar refractivity (Wildman–Crippen MR) is 85.7 cm³/mol. The second kappa shape index (κ2) is 6.05. The normalized spacial score (nSPS) is 11.8. The number of hydrogen-bond donors (Lipinski definition) is 1. The van der Waals surface area contributed by atoms with Gasteiger partial charge < -0.3 is 5.73 Å². The van der Waals surface area contributed by atoms with Crippen LogP contribution in [-0.2, 0) is 16.6 Å². The van der Waals surface area contributed by atoms with Crippen LogP contribution in [0.15, 0.2) is 47.4 Å². The Morgan fingerprint density at radius 2 is 1.86 bits per heavy atom. The quantitative estimate of drug-likeness (QED) is 0.879. The molecule has 2 aromatic carbocycles. The van der Waals surface area contributed by atoms with Crippen molar-refractivity contribution in [3.63, 3.8) is 0 Å². The molecule has 0 aromatic heterocycles. The Bertz CT molecular complexity index is 760. The zero-order valence-electron chi connectivity index (χ0n) is 11.9. The summed E-state index contributed by atoms with van der Waals surface area (Å²) in [5.74, 6) is 0. The lowest BCUT2D eigenvalue weighted by atomic mass is 10.2. The predicted octanol–water partition coefficient (Wildman–Crippen LogP) is 3.05. The van der Waals surface area contributed by atoms with Crippen LogP contribution in [0, 0.1) is 6.92 Å². The first-order chi connectivity index (χ1) is 9.82. The molecule has 0 saturated heterocycles. The molecule has 21 heavy (non-hydrogen) atoms. The fraction of sp³-hybridized carbons (Fsp3) is 0.200. The van der Waals surface area contributed by atoms with Gasteiger partial charge in [0.05, 0.1) is 4.90 Å². The molecule has 0 atom stereocenters. The first-order valence-electron chi connectivity index (χ1n) is 6.38. The van der Waals surface area contributed by atoms with E-state index in [4.69, 9.17) is 17.3 Å². The SMILES string of the molecule is Cc1ccccc1S(=O)(=O)N(C)Cc1cc(N)ccc1Cl. The lowest BCUT2D eigenvalue weighted by Gasteiger charge is -2.19. The summed E-state index contributed by atoms with van der Waals surface area (Å²) >= 11 is 6.09. The number of rotatable bonds is 4. The monoisotopic (exact) mass is 324 g/mol. The van der Waals surface area contributed by atoms with E-state index in [9.17, 15) is 8.42 Å². The Hall–Kier alpha value is -1.56. The average molecular weight is 325 g/mol. The number of nitrogens with two attached hydrogens (primary N) is 1. The van der Waals surface area contributed by atoms with E-state index in [0.717, 1.165) is 0 Å². The van der Waals surface area contributed by atoms with Crippen molar-refractivity contribution in [1.29, 1.82) is 0 Å². The molecule has 0 radical (unpaired) electrons. The highest BCUT2D eigenvalue weighted by Crippen LogP contribution is 2.24. The summed E-state index contributed by atoms with van der Waals surface area (Å²) in [6.45, 7) is 1.94. The Morgan fingerprint density at radius 3 is 2.52 bits per heavy atom. The molecule has 0 saturated carbocycles. The molecule has 0 aliphatic heterocycles. The smallest absolute Gasteiger partial charge is 0.243 e. The number of nitrogen functional groups attached to an aromatic ring is 1. The number of hydrogen-bond acceptors (Lipinski definition) is 3. The van der Waals surface area contributed by atoms with E-state index in [2.05, 4.69) is 0 Å². The molecule has 2 rings (SSSR count). The minimum atomic E-state index is -3.56. The van der Waals surface area contributed by atoms with Crippen LogP contribution in [-0.4, -0.2) is 19.8 Å². The van der Waals surface area contributed by atoms with Crippen LogP contribution in [0.4, 0.5) is 5.69 Å². The summed E-state index contributed by atoms with van der Waals surface area (Å²) in [4.78, 5) is 0.299. The zero-order valence-corrected chi connectivity index (χ0v) is 13.4. The summed E-state index contributed by atoms with van der Waals surface area (Å²) in [6, 6.07) is 11.9. The third-order valence-electron chi connectivity index (χ3n) is 3.24. The number of nitrogens with zero attached hydrogens (tertiary/aromatic N) is 1. The van der Waals surface area contributed by atoms with Crippen molar-refractivity contribution in [3.8, 4) is 0 Å². The second-order valence-corrected chi connectivity index (χ2v) is 7.30. The summed E-state index contributed by atoms with van der Waals surface area (Å²) in [6.07, 6.45) is 0. The molecule has 0 aliphatic carbocycles. The fourth-order valence-corrected chi connectivity index (χ4v) is 3.60. The molecule has 0 bridgehead atoms. The number of aryl methyl sites for hydroxylation is 1. The van der Waals surface area contributed by atoms with Crippen LogP contribution in [0.1, 0.15) is 11.1 Å². The van der Waals surface area contributed by atoms with E-state index in [1.165, 1.54) is 11.4 Å². The van der Waals surface area contributed by atoms with Crippen molar-refractivity contribution in [3.05, 3.63) is 58.6 Å². The Labute approximate surface area is 130 Å². The van der Waals surface area contributed by atoms with Crippen LogP contribution in [0.3, 0.4) is 0 Å². The highest BCUT2D eigenvalue weighted by Gasteiger charge is 2.23. The number of sulfonamides is 1. The molecule has 4 nitrogen and oxygen atoms in total. The lowest BCUT2D eigenvalue weighted by molar-refractivity contribution is 0.466. The van der Waals surface area contributed by atoms with E-state index < -0.39 is 10.0 Å². The van der Waals surface area contributed by atoms with Gasteiger partial charge in [-0.3, -0.25) is 0 Å². The van der Waals surface area contributed by atoms with Gasteiger partial charge in [0.2, 0.25) is 10.0 Å². The molecule has 2 N–H and O–H groups in total. The number of anilines is 1. The molecule has 6 heteroatoms. The van der Waals surface area contributed by atoms with Gasteiger partial charge in [-0.25, -0.2) is 8.42 Å². The molecular weight excluding hydrogens is 308 g/mol. The van der Waals surface area contributed by atoms with Gasteiger partial charge >= 0.3 is 0 Å². The molecule has 0 aliphatic rings. The van der Waals surface area contributed by atoms with Gasteiger partial charge in [-0.1, -0.05) is 29.8 Å². The Kier molecular flexibility index (Phi) is 4.56. The van der Waals surface area contributed by atoms with Crippen molar-refractivity contribution < 1.29 is 8.42 Å². The van der Waals surface area contributed by atoms with Gasteiger partial charge in [0.15, 0.2) is 0 Å². The van der Waals surface area contributed by atoms with Gasteiger partial charge in [0, 0.05) is 24.3 Å². The van der Waals surface area contributed by atoms with E-state index in [-0.39, 0.29) is 6.54 Å². The van der Waals surface area contributed by atoms with Gasteiger partial charge in [0.1, 0.15) is 0 Å². The Morgan fingerprint density at radius 1 is 1.19 bits per heavy atom. The summed E-state index contributed by atoms with van der Waals surface area (Å²) in [5.41, 5.74) is 7.66. The van der Waals surface area contributed by atoms with E-state index >= 15 is 0 Å². The fourth-order valence-electron chi connectivity index (χ4n) is 2.05. The van der Waals surface area contributed by atoms with E-state index in [0.29, 0.717) is 26.7 Å².